The van der Waals surface area contributed by atoms with Gasteiger partial charge < -0.3 is 29.8 Å². The van der Waals surface area contributed by atoms with E-state index in [2.05, 4.69) is 36.2 Å². The molecule has 6 rings (SSSR count). The Morgan fingerprint density at radius 3 is 2.62 bits per heavy atom. The molecule has 15 nitrogen and oxygen atoms in total. The first-order chi connectivity index (χ1) is 22.7. The maximum atomic E-state index is 13.7. The third-order valence-corrected chi connectivity index (χ3v) is 7.60. The van der Waals surface area contributed by atoms with Gasteiger partial charge in [0.05, 0.1) is 6.54 Å². The molecule has 0 fully saturated rings. The number of pyridine rings is 1. The molecule has 5 heterocycles. The quantitative estimate of drug-likeness (QED) is 0.257. The predicted molar refractivity (Wildman–Crippen MR) is 165 cm³/mol. The second-order valence-corrected chi connectivity index (χ2v) is 11.6. The average Bonchev–Trinajstić information content (AvgIpc) is 3.84. The van der Waals surface area contributed by atoms with Crippen molar-refractivity contribution < 1.29 is 28.1 Å². The summed E-state index contributed by atoms with van der Waals surface area (Å²) in [6.45, 7) is 4.02. The number of carbonyl (C=O) groups excluding carboxylic acids is 4. The van der Waals surface area contributed by atoms with E-state index in [1.54, 1.807) is 18.3 Å². The van der Waals surface area contributed by atoms with E-state index in [0.717, 1.165) is 5.56 Å². The normalized spacial score (nSPS) is 17.9. The second kappa shape index (κ2) is 13.6. The molecule has 0 saturated carbocycles. The van der Waals surface area contributed by atoms with Crippen LogP contribution < -0.4 is 16.0 Å². The van der Waals surface area contributed by atoms with E-state index >= 15 is 0 Å². The van der Waals surface area contributed by atoms with Gasteiger partial charge in [0.2, 0.25) is 11.8 Å². The zero-order valence-corrected chi connectivity index (χ0v) is 25.8. The van der Waals surface area contributed by atoms with Gasteiger partial charge in [-0.15, -0.1) is 0 Å². The summed E-state index contributed by atoms with van der Waals surface area (Å²) in [6, 6.07) is 12.3. The zero-order valence-electron chi connectivity index (χ0n) is 25.8. The minimum atomic E-state index is -0.966. The molecular weight excluding hydrogens is 606 g/mol. The lowest BCUT2D eigenvalue weighted by molar-refractivity contribution is -0.123. The van der Waals surface area contributed by atoms with Gasteiger partial charge in [0, 0.05) is 37.3 Å². The van der Waals surface area contributed by atoms with Gasteiger partial charge in [-0.3, -0.25) is 19.2 Å². The number of fused-ring (bicyclic) bond motifs is 5. The van der Waals surface area contributed by atoms with Gasteiger partial charge in [-0.05, 0) is 30.0 Å². The first kappa shape index (κ1) is 31.1. The third kappa shape index (κ3) is 7.35. The van der Waals surface area contributed by atoms with Crippen LogP contribution in [0.1, 0.15) is 74.9 Å². The van der Waals surface area contributed by atoms with Crippen LogP contribution in [0.2, 0.25) is 0 Å². The Bertz CT molecular complexity index is 1900. The van der Waals surface area contributed by atoms with Gasteiger partial charge in [-0.2, -0.15) is 5.10 Å². The molecule has 2 atom stereocenters. The predicted octanol–water partition coefficient (Wildman–Crippen LogP) is 2.34. The van der Waals surface area contributed by atoms with Gasteiger partial charge in [0.25, 0.3) is 17.7 Å². The maximum absolute atomic E-state index is 13.7. The number of nitrogens with one attached hydrogen (secondary N) is 3. The first-order valence-corrected chi connectivity index (χ1v) is 15.2. The highest BCUT2D eigenvalue weighted by Crippen LogP contribution is 2.22. The maximum Gasteiger partial charge on any atom is 0.274 e. The van der Waals surface area contributed by atoms with Crippen molar-refractivity contribution in [1.82, 2.24) is 45.6 Å². The number of rotatable bonds is 5. The van der Waals surface area contributed by atoms with E-state index in [1.165, 1.54) is 28.1 Å². The van der Waals surface area contributed by atoms with Gasteiger partial charge >= 0.3 is 0 Å². The van der Waals surface area contributed by atoms with Crippen molar-refractivity contribution in [3.63, 3.8) is 0 Å². The topological polar surface area (TPSA) is 190 Å². The Morgan fingerprint density at radius 1 is 1.02 bits per heavy atom. The minimum Gasteiger partial charge on any atom is -0.446 e. The van der Waals surface area contributed by atoms with Gasteiger partial charge in [-0.25, -0.2) is 14.5 Å². The third-order valence-electron chi connectivity index (χ3n) is 7.60. The molecule has 0 spiro atoms. The Morgan fingerprint density at radius 2 is 1.81 bits per heavy atom. The highest BCUT2D eigenvalue weighted by Gasteiger charge is 2.28. The number of hydrogen-bond donors (Lipinski definition) is 3. The van der Waals surface area contributed by atoms with Crippen LogP contribution in [-0.4, -0.2) is 72.4 Å². The van der Waals surface area contributed by atoms with Crippen molar-refractivity contribution in [1.29, 1.82) is 0 Å². The number of amides is 4. The molecule has 0 radical (unpaired) electrons. The van der Waals surface area contributed by atoms with Gasteiger partial charge in [0.15, 0.2) is 22.8 Å². The summed E-state index contributed by atoms with van der Waals surface area (Å²) in [6.07, 6.45) is 4.86. The lowest BCUT2D eigenvalue weighted by Crippen LogP contribution is -2.49. The fourth-order valence-corrected chi connectivity index (χ4v) is 5.27. The van der Waals surface area contributed by atoms with E-state index in [9.17, 15) is 19.2 Å². The lowest BCUT2D eigenvalue weighted by Gasteiger charge is -2.23. The molecule has 4 amide bonds. The van der Waals surface area contributed by atoms with E-state index in [4.69, 9.17) is 8.94 Å². The van der Waals surface area contributed by atoms with Crippen LogP contribution in [0.3, 0.4) is 0 Å². The first-order valence-electron chi connectivity index (χ1n) is 15.2. The molecule has 0 aliphatic carbocycles. The summed E-state index contributed by atoms with van der Waals surface area (Å²) in [5.41, 5.74) is 1.61. The molecule has 4 bridgehead atoms. The van der Waals surface area contributed by atoms with Crippen LogP contribution in [0, 0.1) is 5.92 Å². The van der Waals surface area contributed by atoms with Crippen LogP contribution in [0.25, 0.3) is 5.65 Å². The monoisotopic (exact) mass is 639 g/mol. The van der Waals surface area contributed by atoms with Crippen molar-refractivity contribution in [2.45, 2.75) is 45.3 Å². The minimum absolute atomic E-state index is 0.00581. The van der Waals surface area contributed by atoms with Crippen molar-refractivity contribution in [2.75, 3.05) is 13.1 Å². The van der Waals surface area contributed by atoms with Crippen LogP contribution >= 0.6 is 0 Å². The van der Waals surface area contributed by atoms with Crippen molar-refractivity contribution >= 4 is 29.3 Å². The molecular formula is C32H33N9O6. The summed E-state index contributed by atoms with van der Waals surface area (Å²) < 4.78 is 12.7. The van der Waals surface area contributed by atoms with Crippen molar-refractivity contribution in [3.8, 4) is 0 Å². The molecule has 4 aromatic heterocycles. The lowest BCUT2D eigenvalue weighted by atomic mass is 10.0. The van der Waals surface area contributed by atoms with Crippen LogP contribution in [0.15, 0.2) is 76.3 Å². The largest absolute Gasteiger partial charge is 0.446 e. The summed E-state index contributed by atoms with van der Waals surface area (Å²) in [5.74, 6) is -1.46. The fraction of sp³-hybridized carbons (Fsp3) is 0.312. The Labute approximate surface area is 268 Å². The molecule has 0 saturated heterocycles. The highest BCUT2D eigenvalue weighted by molar-refractivity contribution is 5.97. The van der Waals surface area contributed by atoms with E-state index in [1.807, 2.05) is 44.2 Å². The Hall–Kier alpha value is -5.86. The summed E-state index contributed by atoms with van der Waals surface area (Å²) >= 11 is 0. The molecule has 3 N–H and O–H groups in total. The molecule has 0 unspecified atom stereocenters. The average molecular weight is 640 g/mol. The van der Waals surface area contributed by atoms with Crippen LogP contribution in [0.5, 0.6) is 0 Å². The van der Waals surface area contributed by atoms with Crippen LogP contribution in [-0.2, 0) is 17.8 Å². The summed E-state index contributed by atoms with van der Waals surface area (Å²) in [5, 5.41) is 16.5. The SMILES string of the molecule is CC(C)C[C@H]1NC(=O)c2cc(on2)CN(C(=O)c2ccn3ncnc3c2)CCNC(=O)[C@H](Cc2ccccc2)NC(=O)c2coc1n2. The summed E-state index contributed by atoms with van der Waals surface area (Å²) in [7, 11) is 0. The molecule has 1 aliphatic rings. The molecule has 242 valence electrons. The second-order valence-electron chi connectivity index (χ2n) is 11.6. The smallest absolute Gasteiger partial charge is 0.274 e. The fourth-order valence-electron chi connectivity index (χ4n) is 5.27. The van der Waals surface area contributed by atoms with E-state index < -0.39 is 29.8 Å². The van der Waals surface area contributed by atoms with Gasteiger partial charge in [0.1, 0.15) is 24.7 Å². The molecule has 15 heteroatoms. The number of oxazole rings is 1. The number of benzene rings is 1. The van der Waals surface area contributed by atoms with Crippen LogP contribution in [0.4, 0.5) is 0 Å². The molecule has 5 aromatic rings. The number of aromatic nitrogens is 5. The summed E-state index contributed by atoms with van der Waals surface area (Å²) in [4.78, 5) is 63.9. The highest BCUT2D eigenvalue weighted by atomic mass is 16.5. The molecule has 1 aromatic carbocycles. The number of nitrogens with zero attached hydrogens (tertiary/aromatic N) is 6. The van der Waals surface area contributed by atoms with Gasteiger partial charge in [-0.1, -0.05) is 49.3 Å². The molecule has 1 aliphatic heterocycles. The van der Waals surface area contributed by atoms with Crippen molar-refractivity contribution in [3.05, 3.63) is 101 Å². The van der Waals surface area contributed by atoms with E-state index in [-0.39, 0.29) is 60.9 Å². The Kier molecular flexibility index (Phi) is 9.04. The number of hydrogen-bond acceptors (Lipinski definition) is 10. The van der Waals surface area contributed by atoms with E-state index in [0.29, 0.717) is 17.6 Å². The standard InChI is InChI=1S/C32H33N9O6/c1-19(2)12-25-31-38-26(17-46-31)30(44)36-23(13-20-6-4-3-5-7-20)28(42)33-9-11-40(16-22-15-24(39-47-22)29(43)37-25)32(45)21-8-10-41-27(14-21)34-18-35-41/h3-8,10,14-15,17-19,23,25H,9,11-13,16H2,1-2H3,(H,33,42)(H,36,44)(H,37,43)/t23-,25+/m0/s1. The number of carbonyl (C=O) groups is 4. The van der Waals surface area contributed by atoms with Crippen molar-refractivity contribution in [2.24, 2.45) is 5.92 Å². The Balaban J connectivity index is 1.32. The zero-order chi connectivity index (χ0) is 32.9. The molecule has 47 heavy (non-hydrogen) atoms.